The van der Waals surface area contributed by atoms with Crippen LogP contribution in [0.3, 0.4) is 0 Å². The molecule has 0 aliphatic heterocycles. The van der Waals surface area contributed by atoms with Crippen LogP contribution in [0.25, 0.3) is 10.9 Å². The molecule has 0 atom stereocenters. The number of hydrogen-bond donors (Lipinski definition) is 0. The van der Waals surface area contributed by atoms with Gasteiger partial charge in [-0.2, -0.15) is 0 Å². The average Bonchev–Trinajstić information content (AvgIpc) is 2.19. The first-order chi connectivity index (χ1) is 6.33. The molecule has 0 amide bonds. The van der Waals surface area contributed by atoms with Gasteiger partial charge in [0.15, 0.2) is 0 Å². The molecule has 0 bridgehead atoms. The van der Waals surface area contributed by atoms with Crippen LogP contribution in [0.5, 0.6) is 0 Å². The maximum atomic E-state index is 4.38. The monoisotopic (exact) mass is 347 g/mol. The second-order valence-electron chi connectivity index (χ2n) is 2.74. The highest BCUT2D eigenvalue weighted by molar-refractivity contribution is 14.1. The van der Waals surface area contributed by atoms with Crippen molar-refractivity contribution >= 4 is 49.4 Å². The van der Waals surface area contributed by atoms with Gasteiger partial charge in [-0.3, -0.25) is 4.98 Å². The molecule has 0 radical (unpaired) electrons. The summed E-state index contributed by atoms with van der Waals surface area (Å²) in [5.74, 6) is 0. The molecular formula is C10H7BrIN. The Bertz CT molecular complexity index is 442. The minimum absolute atomic E-state index is 0.859. The summed E-state index contributed by atoms with van der Waals surface area (Å²) in [4.78, 5) is 4.38. The van der Waals surface area contributed by atoms with Crippen LogP contribution in [0.4, 0.5) is 0 Å². The zero-order valence-electron chi connectivity index (χ0n) is 6.80. The van der Waals surface area contributed by atoms with E-state index >= 15 is 0 Å². The first-order valence-electron chi connectivity index (χ1n) is 3.91. The van der Waals surface area contributed by atoms with Gasteiger partial charge in [0.1, 0.15) is 0 Å². The van der Waals surface area contributed by atoms with Crippen molar-refractivity contribution in [3.8, 4) is 0 Å². The zero-order chi connectivity index (χ0) is 9.26. The Kier molecular flexibility index (Phi) is 2.83. The van der Waals surface area contributed by atoms with Crippen molar-refractivity contribution in [2.75, 3.05) is 0 Å². The fourth-order valence-corrected chi connectivity index (χ4v) is 2.37. The first-order valence-corrected chi connectivity index (χ1v) is 6.11. The Hall–Kier alpha value is -0.160. The lowest BCUT2D eigenvalue weighted by Gasteiger charge is -2.03. The van der Waals surface area contributed by atoms with Gasteiger partial charge in [-0.05, 0) is 40.3 Å². The highest BCUT2D eigenvalue weighted by atomic mass is 127. The normalized spacial score (nSPS) is 10.6. The Balaban J connectivity index is 2.84. The first kappa shape index (κ1) is 9.40. The van der Waals surface area contributed by atoms with Crippen LogP contribution in [0.2, 0.25) is 0 Å². The summed E-state index contributed by atoms with van der Waals surface area (Å²) >= 11 is 5.80. The topological polar surface area (TPSA) is 12.9 Å². The maximum absolute atomic E-state index is 4.38. The van der Waals surface area contributed by atoms with Gasteiger partial charge in [-0.25, -0.2) is 0 Å². The van der Waals surface area contributed by atoms with Crippen LogP contribution in [-0.4, -0.2) is 4.98 Å². The van der Waals surface area contributed by atoms with E-state index < -0.39 is 0 Å². The Morgan fingerprint density at radius 1 is 1.31 bits per heavy atom. The van der Waals surface area contributed by atoms with Gasteiger partial charge in [-0.15, -0.1) is 0 Å². The largest absolute Gasteiger partial charge is 0.256 e. The number of aromatic nitrogens is 1. The van der Waals surface area contributed by atoms with E-state index in [1.54, 1.807) is 0 Å². The fraction of sp³-hybridized carbons (Fsp3) is 0.100. The van der Waals surface area contributed by atoms with Crippen molar-refractivity contribution in [1.82, 2.24) is 4.98 Å². The molecule has 0 aliphatic carbocycles. The van der Waals surface area contributed by atoms with Gasteiger partial charge >= 0.3 is 0 Å². The van der Waals surface area contributed by atoms with Crippen LogP contribution in [0.15, 0.2) is 30.5 Å². The van der Waals surface area contributed by atoms with Crippen LogP contribution in [-0.2, 0) is 5.33 Å². The third-order valence-corrected chi connectivity index (χ3v) is 3.49. The van der Waals surface area contributed by atoms with Crippen LogP contribution in [0.1, 0.15) is 5.56 Å². The van der Waals surface area contributed by atoms with Gasteiger partial charge in [0.25, 0.3) is 0 Å². The van der Waals surface area contributed by atoms with Crippen LogP contribution in [0, 0.1) is 3.57 Å². The Morgan fingerprint density at radius 3 is 2.92 bits per heavy atom. The molecule has 0 N–H and O–H groups in total. The molecule has 0 unspecified atom stereocenters. The lowest BCUT2D eigenvalue weighted by atomic mass is 10.1. The maximum Gasteiger partial charge on any atom is 0.0753 e. The van der Waals surface area contributed by atoms with Crippen molar-refractivity contribution in [3.05, 3.63) is 39.6 Å². The van der Waals surface area contributed by atoms with Crippen LogP contribution < -0.4 is 0 Å². The van der Waals surface area contributed by atoms with E-state index in [0.29, 0.717) is 0 Å². The van der Waals surface area contributed by atoms with E-state index in [-0.39, 0.29) is 0 Å². The number of halogens is 2. The minimum Gasteiger partial charge on any atom is -0.256 e. The third-order valence-electron chi connectivity index (χ3n) is 1.94. The number of alkyl halides is 1. The number of nitrogens with zero attached hydrogens (tertiary/aromatic N) is 1. The molecule has 1 heterocycles. The molecule has 2 rings (SSSR count). The molecule has 1 aromatic carbocycles. The lowest BCUT2D eigenvalue weighted by molar-refractivity contribution is 1.35. The van der Waals surface area contributed by atoms with Gasteiger partial charge in [0.2, 0.25) is 0 Å². The van der Waals surface area contributed by atoms with Gasteiger partial charge in [0.05, 0.1) is 5.52 Å². The van der Waals surface area contributed by atoms with E-state index in [4.69, 9.17) is 0 Å². The summed E-state index contributed by atoms with van der Waals surface area (Å²) < 4.78 is 1.26. The molecule has 0 saturated heterocycles. The second-order valence-corrected chi connectivity index (χ2v) is 4.46. The molecular weight excluding hydrogens is 341 g/mol. The molecule has 0 fully saturated rings. The molecule has 0 saturated carbocycles. The number of benzene rings is 1. The Labute approximate surface area is 98.8 Å². The van der Waals surface area contributed by atoms with Crippen molar-refractivity contribution in [2.45, 2.75) is 5.33 Å². The van der Waals surface area contributed by atoms with E-state index in [9.17, 15) is 0 Å². The predicted octanol–water partition coefficient (Wildman–Crippen LogP) is 3.73. The van der Waals surface area contributed by atoms with E-state index in [1.807, 2.05) is 12.3 Å². The number of pyridine rings is 1. The number of hydrogen-bond acceptors (Lipinski definition) is 1. The lowest BCUT2D eigenvalue weighted by Crippen LogP contribution is -1.87. The summed E-state index contributed by atoms with van der Waals surface area (Å²) in [6.07, 6.45) is 1.84. The summed E-state index contributed by atoms with van der Waals surface area (Å²) in [5.41, 5.74) is 2.35. The SMILES string of the molecule is BrCc1ccc(I)c2cccnc12. The fourth-order valence-electron chi connectivity index (χ4n) is 1.30. The molecule has 3 heteroatoms. The minimum atomic E-state index is 0.859. The van der Waals surface area contributed by atoms with Crippen molar-refractivity contribution in [1.29, 1.82) is 0 Å². The smallest absolute Gasteiger partial charge is 0.0753 e. The average molecular weight is 348 g/mol. The van der Waals surface area contributed by atoms with Gasteiger partial charge in [-0.1, -0.05) is 28.1 Å². The standard InChI is InChI=1S/C10H7BrIN/c11-6-7-3-4-9(12)8-2-1-5-13-10(7)8/h1-5H,6H2. The van der Waals surface area contributed by atoms with Gasteiger partial charge < -0.3 is 0 Å². The molecule has 0 spiro atoms. The summed E-state index contributed by atoms with van der Waals surface area (Å²) in [7, 11) is 0. The highest BCUT2D eigenvalue weighted by Gasteiger charge is 2.02. The Morgan fingerprint density at radius 2 is 2.15 bits per heavy atom. The summed E-state index contributed by atoms with van der Waals surface area (Å²) in [6.45, 7) is 0. The third kappa shape index (κ3) is 1.72. The number of rotatable bonds is 1. The molecule has 1 aromatic heterocycles. The molecule has 66 valence electrons. The van der Waals surface area contributed by atoms with E-state index in [1.165, 1.54) is 14.5 Å². The quantitative estimate of drug-likeness (QED) is 0.565. The molecule has 13 heavy (non-hydrogen) atoms. The van der Waals surface area contributed by atoms with Crippen molar-refractivity contribution in [3.63, 3.8) is 0 Å². The highest BCUT2D eigenvalue weighted by Crippen LogP contribution is 2.23. The molecule has 1 nitrogen and oxygen atoms in total. The predicted molar refractivity (Wildman–Crippen MR) is 67.1 cm³/mol. The number of fused-ring (bicyclic) bond motifs is 1. The zero-order valence-corrected chi connectivity index (χ0v) is 10.5. The van der Waals surface area contributed by atoms with E-state index in [2.05, 4.69) is 61.7 Å². The summed E-state index contributed by atoms with van der Waals surface area (Å²) in [5, 5.41) is 2.09. The molecule has 0 aliphatic rings. The van der Waals surface area contributed by atoms with Crippen LogP contribution >= 0.6 is 38.5 Å². The second kappa shape index (κ2) is 3.92. The van der Waals surface area contributed by atoms with Crippen molar-refractivity contribution < 1.29 is 0 Å². The summed E-state index contributed by atoms with van der Waals surface area (Å²) in [6, 6.07) is 8.33. The van der Waals surface area contributed by atoms with E-state index in [0.717, 1.165) is 10.8 Å². The molecule has 2 aromatic rings. The van der Waals surface area contributed by atoms with Gasteiger partial charge in [0, 0.05) is 20.5 Å². The van der Waals surface area contributed by atoms with Crippen molar-refractivity contribution in [2.24, 2.45) is 0 Å².